The van der Waals surface area contributed by atoms with Crippen molar-refractivity contribution >= 4 is 0 Å². The zero-order valence-corrected chi connectivity index (χ0v) is 13.8. The summed E-state index contributed by atoms with van der Waals surface area (Å²) < 4.78 is 10.9. The summed E-state index contributed by atoms with van der Waals surface area (Å²) in [5.74, 6) is 1.45. The van der Waals surface area contributed by atoms with Crippen LogP contribution in [0.15, 0.2) is 4.52 Å². The maximum Gasteiger partial charge on any atom is 0.223 e. The number of likely N-dealkylation sites (tertiary alicyclic amines) is 1. The Morgan fingerprint density at radius 2 is 2.18 bits per heavy atom. The van der Waals surface area contributed by atoms with Gasteiger partial charge in [-0.2, -0.15) is 4.98 Å². The summed E-state index contributed by atoms with van der Waals surface area (Å²) in [6.45, 7) is 6.83. The predicted octanol–water partition coefficient (Wildman–Crippen LogP) is 1.84. The van der Waals surface area contributed by atoms with Gasteiger partial charge in [0, 0.05) is 32.7 Å². The van der Waals surface area contributed by atoms with Crippen LogP contribution in [0, 0.1) is 6.92 Å². The second kappa shape index (κ2) is 7.53. The minimum atomic E-state index is 0.425. The summed E-state index contributed by atoms with van der Waals surface area (Å²) in [5.41, 5.74) is 0. The summed E-state index contributed by atoms with van der Waals surface area (Å²) in [5, 5.41) is 4.01. The minimum Gasteiger partial charge on any atom is -0.377 e. The van der Waals surface area contributed by atoms with Crippen LogP contribution in [-0.4, -0.2) is 65.4 Å². The van der Waals surface area contributed by atoms with Crippen LogP contribution >= 0.6 is 0 Å². The van der Waals surface area contributed by atoms with Gasteiger partial charge in [0.2, 0.25) is 5.89 Å². The maximum atomic E-state index is 5.88. The average molecular weight is 308 g/mol. The molecule has 0 aliphatic carbocycles. The van der Waals surface area contributed by atoms with E-state index >= 15 is 0 Å². The van der Waals surface area contributed by atoms with Crippen LogP contribution in [0.5, 0.6) is 0 Å². The van der Waals surface area contributed by atoms with E-state index in [0.29, 0.717) is 18.0 Å². The molecule has 0 radical (unpaired) electrons. The fourth-order valence-corrected chi connectivity index (χ4v) is 3.56. The van der Waals surface area contributed by atoms with Gasteiger partial charge in [0.25, 0.3) is 0 Å². The summed E-state index contributed by atoms with van der Waals surface area (Å²) >= 11 is 0. The van der Waals surface area contributed by atoms with E-state index in [-0.39, 0.29) is 0 Å². The Labute approximate surface area is 132 Å². The third kappa shape index (κ3) is 4.27. The number of nitrogens with zero attached hydrogens (tertiary/aromatic N) is 4. The lowest BCUT2D eigenvalue weighted by Gasteiger charge is -2.39. The number of ether oxygens (including phenoxy) is 1. The van der Waals surface area contributed by atoms with Gasteiger partial charge < -0.3 is 9.26 Å². The van der Waals surface area contributed by atoms with E-state index in [9.17, 15) is 0 Å². The molecule has 2 saturated heterocycles. The van der Waals surface area contributed by atoms with Gasteiger partial charge in [0.1, 0.15) is 0 Å². The van der Waals surface area contributed by atoms with Crippen molar-refractivity contribution in [3.8, 4) is 0 Å². The van der Waals surface area contributed by atoms with Crippen LogP contribution in [0.2, 0.25) is 0 Å². The minimum absolute atomic E-state index is 0.425. The van der Waals surface area contributed by atoms with Crippen molar-refractivity contribution < 1.29 is 9.26 Å². The van der Waals surface area contributed by atoms with Crippen LogP contribution in [0.3, 0.4) is 0 Å². The molecule has 6 nitrogen and oxygen atoms in total. The van der Waals surface area contributed by atoms with Crippen molar-refractivity contribution in [1.29, 1.82) is 0 Å². The van der Waals surface area contributed by atoms with Gasteiger partial charge in [0.05, 0.1) is 12.6 Å². The van der Waals surface area contributed by atoms with E-state index in [1.54, 1.807) is 0 Å². The Balaban J connectivity index is 1.48. The first-order chi connectivity index (χ1) is 10.7. The second-order valence-electron chi connectivity index (χ2n) is 6.69. The highest BCUT2D eigenvalue weighted by molar-refractivity contribution is 4.87. The molecule has 124 valence electrons. The molecule has 0 amide bonds. The third-order valence-corrected chi connectivity index (χ3v) is 4.80. The van der Waals surface area contributed by atoms with Crippen molar-refractivity contribution in [2.75, 3.05) is 33.3 Å². The van der Waals surface area contributed by atoms with Crippen LogP contribution in [0.1, 0.15) is 43.8 Å². The van der Waals surface area contributed by atoms with Gasteiger partial charge in [-0.15, -0.1) is 0 Å². The van der Waals surface area contributed by atoms with E-state index < -0.39 is 0 Å². The topological polar surface area (TPSA) is 54.6 Å². The lowest BCUT2D eigenvalue weighted by atomic mass is 10.0. The van der Waals surface area contributed by atoms with Crippen LogP contribution < -0.4 is 0 Å². The number of likely N-dealkylation sites (N-methyl/N-ethyl adjacent to an activating group) is 1. The normalized spacial score (nSPS) is 27.4. The number of rotatable bonds is 5. The molecule has 0 unspecified atom stereocenters. The molecule has 0 bridgehead atoms. The maximum absolute atomic E-state index is 5.88. The standard InChI is InChI=1S/C16H28N4O2/c1-13-17-16(18-22-13)12-20-8-5-6-14(10-20)19(2)11-15-7-3-4-9-21-15/h14-15H,3-12H2,1-2H3/t14-,15-/m0/s1. The van der Waals surface area contributed by atoms with Crippen LogP contribution in [-0.2, 0) is 11.3 Å². The third-order valence-electron chi connectivity index (χ3n) is 4.80. The molecule has 3 heterocycles. The fourth-order valence-electron chi connectivity index (χ4n) is 3.56. The number of piperidine rings is 1. The summed E-state index contributed by atoms with van der Waals surface area (Å²) in [6, 6.07) is 0.604. The highest BCUT2D eigenvalue weighted by Crippen LogP contribution is 2.19. The van der Waals surface area contributed by atoms with Crippen molar-refractivity contribution in [1.82, 2.24) is 19.9 Å². The molecule has 1 aromatic heterocycles. The Bertz CT molecular complexity index is 459. The zero-order chi connectivity index (χ0) is 15.4. The molecule has 6 heteroatoms. The quantitative estimate of drug-likeness (QED) is 0.827. The van der Waals surface area contributed by atoms with E-state index in [1.165, 1.54) is 32.1 Å². The Hall–Kier alpha value is -0.980. The van der Waals surface area contributed by atoms with Gasteiger partial charge in [0.15, 0.2) is 5.82 Å². The molecule has 2 atom stereocenters. The molecule has 22 heavy (non-hydrogen) atoms. The second-order valence-corrected chi connectivity index (χ2v) is 6.69. The molecule has 1 aromatic rings. The van der Waals surface area contributed by atoms with Gasteiger partial charge in [-0.1, -0.05) is 5.16 Å². The number of hydrogen-bond acceptors (Lipinski definition) is 6. The molecule has 2 aliphatic rings. The van der Waals surface area contributed by atoms with E-state index in [2.05, 4.69) is 27.0 Å². The first-order valence-corrected chi connectivity index (χ1v) is 8.54. The van der Waals surface area contributed by atoms with Gasteiger partial charge in [-0.25, -0.2) is 0 Å². The number of hydrogen-bond donors (Lipinski definition) is 0. The molecular formula is C16H28N4O2. The van der Waals surface area contributed by atoms with Gasteiger partial charge in [-0.3, -0.25) is 9.80 Å². The first kappa shape index (κ1) is 15.9. The molecule has 0 N–H and O–H groups in total. The largest absolute Gasteiger partial charge is 0.377 e. The fraction of sp³-hybridized carbons (Fsp3) is 0.875. The van der Waals surface area contributed by atoms with Crippen LogP contribution in [0.25, 0.3) is 0 Å². The molecule has 2 fully saturated rings. The molecule has 0 spiro atoms. The van der Waals surface area contributed by atoms with E-state index in [4.69, 9.17) is 9.26 Å². The smallest absolute Gasteiger partial charge is 0.223 e. The van der Waals surface area contributed by atoms with E-state index in [1.807, 2.05) is 6.92 Å². The monoisotopic (exact) mass is 308 g/mol. The average Bonchev–Trinajstić information content (AvgIpc) is 2.93. The number of aryl methyl sites for hydroxylation is 1. The van der Waals surface area contributed by atoms with Gasteiger partial charge in [-0.05, 0) is 45.7 Å². The predicted molar refractivity (Wildman–Crippen MR) is 83.6 cm³/mol. The molecule has 0 saturated carbocycles. The molecule has 0 aromatic carbocycles. The van der Waals surface area contributed by atoms with Crippen LogP contribution in [0.4, 0.5) is 0 Å². The van der Waals surface area contributed by atoms with Crippen molar-refractivity contribution in [2.45, 2.75) is 57.7 Å². The Morgan fingerprint density at radius 1 is 1.27 bits per heavy atom. The Morgan fingerprint density at radius 3 is 2.91 bits per heavy atom. The first-order valence-electron chi connectivity index (χ1n) is 8.54. The highest BCUT2D eigenvalue weighted by Gasteiger charge is 2.26. The van der Waals surface area contributed by atoms with Crippen molar-refractivity contribution in [3.63, 3.8) is 0 Å². The lowest BCUT2D eigenvalue weighted by Crippen LogP contribution is -2.48. The SMILES string of the molecule is Cc1nc(CN2CCC[C@H](N(C)C[C@@H]3CCCCO3)C2)no1. The summed E-state index contributed by atoms with van der Waals surface area (Å²) in [4.78, 5) is 9.25. The lowest BCUT2D eigenvalue weighted by molar-refractivity contribution is -0.0153. The molecule has 2 aliphatic heterocycles. The number of aromatic nitrogens is 2. The Kier molecular flexibility index (Phi) is 5.44. The molecule has 3 rings (SSSR count). The van der Waals surface area contributed by atoms with Crippen molar-refractivity contribution in [2.24, 2.45) is 0 Å². The van der Waals surface area contributed by atoms with E-state index in [0.717, 1.165) is 38.6 Å². The molecular weight excluding hydrogens is 280 g/mol. The van der Waals surface area contributed by atoms with Gasteiger partial charge >= 0.3 is 0 Å². The zero-order valence-electron chi connectivity index (χ0n) is 13.8. The summed E-state index contributed by atoms with van der Waals surface area (Å²) in [7, 11) is 2.24. The highest BCUT2D eigenvalue weighted by atomic mass is 16.5. The summed E-state index contributed by atoms with van der Waals surface area (Å²) in [6.07, 6.45) is 6.67. The van der Waals surface area contributed by atoms with Crippen molar-refractivity contribution in [3.05, 3.63) is 11.7 Å².